The summed E-state index contributed by atoms with van der Waals surface area (Å²) in [5.41, 5.74) is 1.99. The number of benzene rings is 1. The van der Waals surface area contributed by atoms with Crippen LogP contribution in [0.5, 0.6) is 0 Å². The van der Waals surface area contributed by atoms with Crippen LogP contribution >= 0.6 is 0 Å². The number of anilines is 1. The average Bonchev–Trinajstić information content (AvgIpc) is 3.31. The summed E-state index contributed by atoms with van der Waals surface area (Å²) in [6.45, 7) is 1.82. The molecule has 4 heterocycles. The summed E-state index contributed by atoms with van der Waals surface area (Å²) in [7, 11) is 0. The van der Waals surface area contributed by atoms with Crippen molar-refractivity contribution in [2.45, 2.75) is 37.5 Å². The van der Waals surface area contributed by atoms with Crippen LogP contribution in [-0.2, 0) is 0 Å². The van der Waals surface area contributed by atoms with Gasteiger partial charge in [-0.15, -0.1) is 0 Å². The molecule has 8 heteroatoms. The van der Waals surface area contributed by atoms with Gasteiger partial charge in [0.15, 0.2) is 5.82 Å². The van der Waals surface area contributed by atoms with E-state index in [0.717, 1.165) is 54.7 Å². The van der Waals surface area contributed by atoms with Gasteiger partial charge in [0, 0.05) is 36.6 Å². The molecule has 146 valence electrons. The number of aromatic nitrogens is 6. The molecule has 2 fully saturated rings. The van der Waals surface area contributed by atoms with Gasteiger partial charge in [-0.2, -0.15) is 19.6 Å². The van der Waals surface area contributed by atoms with E-state index in [1.165, 1.54) is 12.8 Å². The average molecular weight is 387 g/mol. The first-order valence-electron chi connectivity index (χ1n) is 10.2. The van der Waals surface area contributed by atoms with Crippen LogP contribution in [0.15, 0.2) is 47.2 Å². The van der Waals surface area contributed by atoms with E-state index in [9.17, 15) is 0 Å². The van der Waals surface area contributed by atoms with Gasteiger partial charge in [0.1, 0.15) is 12.1 Å². The Balaban J connectivity index is 1.27. The smallest absolute Gasteiger partial charge is 0.254 e. The molecule has 2 aliphatic rings. The fraction of sp³-hybridized carbons (Fsp3) is 0.381. The molecule has 0 spiro atoms. The SMILES string of the molecule is c1ccc(-c2cc(N3CCC(c4noc(C5CC5)n4)CC3)n3ncnc3n2)cc1. The number of fused-ring (bicyclic) bond motifs is 1. The maximum absolute atomic E-state index is 5.46. The lowest BCUT2D eigenvalue weighted by molar-refractivity contribution is 0.364. The molecule has 1 saturated carbocycles. The van der Waals surface area contributed by atoms with Crippen LogP contribution in [0.25, 0.3) is 17.0 Å². The molecule has 0 radical (unpaired) electrons. The van der Waals surface area contributed by atoms with Gasteiger partial charge in [-0.25, -0.2) is 4.98 Å². The van der Waals surface area contributed by atoms with E-state index < -0.39 is 0 Å². The van der Waals surface area contributed by atoms with Crippen molar-refractivity contribution in [2.24, 2.45) is 0 Å². The first-order valence-corrected chi connectivity index (χ1v) is 10.2. The molecular formula is C21H21N7O. The largest absolute Gasteiger partial charge is 0.356 e. The number of piperidine rings is 1. The van der Waals surface area contributed by atoms with Crippen molar-refractivity contribution in [3.63, 3.8) is 0 Å². The van der Waals surface area contributed by atoms with E-state index in [1.54, 1.807) is 6.33 Å². The normalized spacial score (nSPS) is 17.9. The number of nitrogens with zero attached hydrogens (tertiary/aromatic N) is 7. The maximum Gasteiger partial charge on any atom is 0.254 e. The summed E-state index contributed by atoms with van der Waals surface area (Å²) in [5.74, 6) is 4.20. The van der Waals surface area contributed by atoms with E-state index >= 15 is 0 Å². The second-order valence-corrected chi connectivity index (χ2v) is 7.86. The van der Waals surface area contributed by atoms with Gasteiger partial charge < -0.3 is 9.42 Å². The van der Waals surface area contributed by atoms with Crippen molar-refractivity contribution in [2.75, 3.05) is 18.0 Å². The lowest BCUT2D eigenvalue weighted by Gasteiger charge is -2.32. The van der Waals surface area contributed by atoms with Gasteiger partial charge in [0.2, 0.25) is 5.89 Å². The Morgan fingerprint density at radius 3 is 2.55 bits per heavy atom. The van der Waals surface area contributed by atoms with Gasteiger partial charge in [-0.3, -0.25) is 0 Å². The minimum Gasteiger partial charge on any atom is -0.356 e. The molecule has 1 aliphatic carbocycles. The zero-order valence-corrected chi connectivity index (χ0v) is 16.0. The van der Waals surface area contributed by atoms with Gasteiger partial charge in [-0.1, -0.05) is 35.5 Å². The molecule has 1 aliphatic heterocycles. The highest BCUT2D eigenvalue weighted by Gasteiger charge is 2.32. The van der Waals surface area contributed by atoms with Crippen LogP contribution in [0.2, 0.25) is 0 Å². The molecule has 4 aromatic rings. The number of hydrogen-bond acceptors (Lipinski definition) is 7. The Morgan fingerprint density at radius 2 is 1.76 bits per heavy atom. The first kappa shape index (κ1) is 16.6. The fourth-order valence-corrected chi connectivity index (χ4v) is 4.05. The Bertz CT molecular complexity index is 1140. The molecule has 6 rings (SSSR count). The Labute approximate surface area is 167 Å². The predicted octanol–water partition coefficient (Wildman–Crippen LogP) is 3.44. The van der Waals surface area contributed by atoms with Crippen molar-refractivity contribution >= 4 is 11.6 Å². The second-order valence-electron chi connectivity index (χ2n) is 7.86. The predicted molar refractivity (Wildman–Crippen MR) is 107 cm³/mol. The number of hydrogen-bond donors (Lipinski definition) is 0. The topological polar surface area (TPSA) is 85.2 Å². The monoisotopic (exact) mass is 387 g/mol. The summed E-state index contributed by atoms with van der Waals surface area (Å²) in [6, 6.07) is 12.3. The lowest BCUT2D eigenvalue weighted by Crippen LogP contribution is -2.34. The third kappa shape index (κ3) is 3.04. The second kappa shape index (κ2) is 6.65. The zero-order chi connectivity index (χ0) is 19.2. The van der Waals surface area contributed by atoms with Crippen molar-refractivity contribution in [3.05, 3.63) is 54.4 Å². The molecule has 0 N–H and O–H groups in total. The lowest BCUT2D eigenvalue weighted by atomic mass is 9.96. The summed E-state index contributed by atoms with van der Waals surface area (Å²) < 4.78 is 7.29. The summed E-state index contributed by atoms with van der Waals surface area (Å²) in [5, 5.41) is 8.65. The van der Waals surface area contributed by atoms with Crippen LogP contribution in [0, 0.1) is 0 Å². The molecule has 0 bridgehead atoms. The zero-order valence-electron chi connectivity index (χ0n) is 16.0. The van der Waals surface area contributed by atoms with Gasteiger partial charge in [0.25, 0.3) is 5.78 Å². The minimum atomic E-state index is 0.351. The molecule has 0 atom stereocenters. The van der Waals surface area contributed by atoms with Crippen molar-refractivity contribution in [1.29, 1.82) is 0 Å². The van der Waals surface area contributed by atoms with Gasteiger partial charge in [0.05, 0.1) is 5.69 Å². The Hall–Kier alpha value is -3.29. The van der Waals surface area contributed by atoms with E-state index in [2.05, 4.69) is 48.3 Å². The van der Waals surface area contributed by atoms with Crippen molar-refractivity contribution in [1.82, 2.24) is 29.7 Å². The molecule has 0 amide bonds. The van der Waals surface area contributed by atoms with Crippen LogP contribution in [0.1, 0.15) is 49.2 Å². The molecule has 3 aromatic heterocycles. The molecule has 1 aromatic carbocycles. The van der Waals surface area contributed by atoms with Gasteiger partial charge in [-0.05, 0) is 25.7 Å². The van der Waals surface area contributed by atoms with Crippen LogP contribution in [0.4, 0.5) is 5.82 Å². The van der Waals surface area contributed by atoms with Crippen molar-refractivity contribution in [3.8, 4) is 11.3 Å². The molecule has 29 heavy (non-hydrogen) atoms. The van der Waals surface area contributed by atoms with E-state index in [0.29, 0.717) is 17.6 Å². The summed E-state index contributed by atoms with van der Waals surface area (Å²) >= 11 is 0. The highest BCUT2D eigenvalue weighted by Crippen LogP contribution is 2.40. The summed E-state index contributed by atoms with van der Waals surface area (Å²) in [6.07, 6.45) is 5.90. The standard InChI is InChI=1S/C21H21N7O/c1-2-4-14(5-3-1)17-12-18(28-21(24-17)22-13-23-28)27-10-8-15(9-11-27)19-25-20(29-26-19)16-6-7-16/h1-5,12-13,15-16H,6-11H2. The third-order valence-electron chi connectivity index (χ3n) is 5.87. The van der Waals surface area contributed by atoms with E-state index in [4.69, 9.17) is 4.52 Å². The van der Waals surface area contributed by atoms with E-state index in [-0.39, 0.29) is 0 Å². The highest BCUT2D eigenvalue weighted by molar-refractivity contribution is 5.65. The fourth-order valence-electron chi connectivity index (χ4n) is 4.05. The molecule has 8 nitrogen and oxygen atoms in total. The Kier molecular flexibility index (Phi) is 3.82. The van der Waals surface area contributed by atoms with Crippen LogP contribution in [-0.4, -0.2) is 42.8 Å². The molecule has 1 saturated heterocycles. The number of rotatable bonds is 4. The first-order chi connectivity index (χ1) is 14.3. The Morgan fingerprint density at radius 1 is 0.931 bits per heavy atom. The van der Waals surface area contributed by atoms with Crippen LogP contribution in [0.3, 0.4) is 0 Å². The maximum atomic E-state index is 5.46. The summed E-state index contributed by atoms with van der Waals surface area (Å²) in [4.78, 5) is 16.0. The highest BCUT2D eigenvalue weighted by atomic mass is 16.5. The quantitative estimate of drug-likeness (QED) is 0.530. The van der Waals surface area contributed by atoms with E-state index in [1.807, 2.05) is 22.7 Å². The third-order valence-corrected chi connectivity index (χ3v) is 5.87. The minimum absolute atomic E-state index is 0.351. The molecular weight excluding hydrogens is 366 g/mol. The van der Waals surface area contributed by atoms with Gasteiger partial charge >= 0.3 is 0 Å². The van der Waals surface area contributed by atoms with Crippen molar-refractivity contribution < 1.29 is 4.52 Å². The molecule has 0 unspecified atom stereocenters. The van der Waals surface area contributed by atoms with Crippen LogP contribution < -0.4 is 4.90 Å².